The summed E-state index contributed by atoms with van der Waals surface area (Å²) >= 11 is 0. The Labute approximate surface area is 153 Å². The summed E-state index contributed by atoms with van der Waals surface area (Å²) in [5.41, 5.74) is 1.73. The van der Waals surface area contributed by atoms with Crippen molar-refractivity contribution < 1.29 is 9.00 Å². The summed E-state index contributed by atoms with van der Waals surface area (Å²) in [6.45, 7) is 0. The zero-order chi connectivity index (χ0) is 18.6. The van der Waals surface area contributed by atoms with Crippen LogP contribution in [0.15, 0.2) is 82.2 Å². The van der Waals surface area contributed by atoms with E-state index in [1.54, 1.807) is 36.5 Å². The molecule has 0 saturated heterocycles. The molecule has 2 aromatic carbocycles. The summed E-state index contributed by atoms with van der Waals surface area (Å²) in [6, 6.07) is 19.5. The number of carbonyl (C=O) groups excluding carboxylic acids is 1. The standard InChI is InChI=1S/C21H16N2O2S/c1-3-16-14-15-22-20(17-10-6-4-7-11-17)19(16)21(24)23-26(2,25)18-12-8-5-9-13-18/h1,4-15H,2H3. The lowest BCUT2D eigenvalue weighted by Crippen LogP contribution is -2.08. The Morgan fingerprint density at radius 3 is 2.27 bits per heavy atom. The summed E-state index contributed by atoms with van der Waals surface area (Å²) < 4.78 is 17.0. The molecule has 3 aromatic rings. The normalized spacial score (nSPS) is 12.6. The number of terminal acetylenes is 1. The maximum absolute atomic E-state index is 13.0. The van der Waals surface area contributed by atoms with E-state index in [1.807, 2.05) is 36.4 Å². The van der Waals surface area contributed by atoms with Crippen molar-refractivity contribution in [1.29, 1.82) is 0 Å². The highest BCUT2D eigenvalue weighted by Crippen LogP contribution is 2.25. The molecule has 0 N–H and O–H groups in total. The molecule has 1 unspecified atom stereocenters. The van der Waals surface area contributed by atoms with Crippen LogP contribution in [-0.4, -0.2) is 21.4 Å². The van der Waals surface area contributed by atoms with Crippen molar-refractivity contribution in [3.05, 3.63) is 84.1 Å². The number of rotatable bonds is 3. The molecule has 0 fully saturated rings. The average Bonchev–Trinajstić information content (AvgIpc) is 2.68. The first kappa shape index (κ1) is 17.6. The van der Waals surface area contributed by atoms with Gasteiger partial charge in [-0.15, -0.1) is 6.42 Å². The molecule has 0 bridgehead atoms. The van der Waals surface area contributed by atoms with E-state index in [1.165, 1.54) is 6.26 Å². The Balaban J connectivity index is 2.18. The zero-order valence-corrected chi connectivity index (χ0v) is 14.9. The number of benzene rings is 2. The van der Waals surface area contributed by atoms with Gasteiger partial charge in [0.2, 0.25) is 0 Å². The third-order valence-electron chi connectivity index (χ3n) is 3.81. The van der Waals surface area contributed by atoms with Crippen molar-refractivity contribution in [2.45, 2.75) is 4.90 Å². The molecule has 0 spiro atoms. The first-order valence-electron chi connectivity index (χ1n) is 7.85. The first-order valence-corrected chi connectivity index (χ1v) is 9.78. The first-order chi connectivity index (χ1) is 12.5. The van der Waals surface area contributed by atoms with Gasteiger partial charge in [0, 0.05) is 28.5 Å². The molecule has 5 heteroatoms. The molecule has 0 aliphatic carbocycles. The molecule has 26 heavy (non-hydrogen) atoms. The summed E-state index contributed by atoms with van der Waals surface area (Å²) in [7, 11) is -2.90. The fourth-order valence-corrected chi connectivity index (χ4v) is 3.72. The number of hydrogen-bond donors (Lipinski definition) is 0. The van der Waals surface area contributed by atoms with Gasteiger partial charge in [-0.2, -0.15) is 4.36 Å². The van der Waals surface area contributed by atoms with E-state index < -0.39 is 15.6 Å². The Hall–Kier alpha value is -3.23. The Bertz CT molecular complexity index is 1110. The van der Waals surface area contributed by atoms with Crippen molar-refractivity contribution in [3.8, 4) is 23.6 Å². The lowest BCUT2D eigenvalue weighted by atomic mass is 10.0. The van der Waals surface area contributed by atoms with Crippen molar-refractivity contribution >= 4 is 15.6 Å². The molecular formula is C21H16N2O2S. The van der Waals surface area contributed by atoms with Gasteiger partial charge >= 0.3 is 0 Å². The van der Waals surface area contributed by atoms with Crippen molar-refractivity contribution in [3.63, 3.8) is 0 Å². The molecule has 0 radical (unpaired) electrons. The second kappa shape index (κ2) is 7.34. The second-order valence-corrected chi connectivity index (χ2v) is 7.86. The fourth-order valence-electron chi connectivity index (χ4n) is 2.54. The molecular weight excluding hydrogens is 344 g/mol. The minimum absolute atomic E-state index is 0.187. The molecule has 1 heterocycles. The lowest BCUT2D eigenvalue weighted by Gasteiger charge is -2.09. The van der Waals surface area contributed by atoms with Crippen LogP contribution in [0.2, 0.25) is 0 Å². The van der Waals surface area contributed by atoms with Gasteiger partial charge in [0.15, 0.2) is 0 Å². The van der Waals surface area contributed by atoms with Crippen LogP contribution in [-0.2, 0) is 9.73 Å². The SMILES string of the molecule is C#Cc1ccnc(-c2ccccc2)c1C(=O)N=S(C)(=O)c1ccccc1. The molecule has 3 rings (SSSR count). The maximum atomic E-state index is 13.0. The Morgan fingerprint density at radius 2 is 1.65 bits per heavy atom. The van der Waals surface area contributed by atoms with Gasteiger partial charge < -0.3 is 0 Å². The number of carbonyl (C=O) groups is 1. The van der Waals surface area contributed by atoms with Crippen LogP contribution in [0.1, 0.15) is 15.9 Å². The smallest absolute Gasteiger partial charge is 0.266 e. The second-order valence-electron chi connectivity index (χ2n) is 5.60. The maximum Gasteiger partial charge on any atom is 0.288 e. The summed E-state index contributed by atoms with van der Waals surface area (Å²) in [5.74, 6) is 1.86. The largest absolute Gasteiger partial charge is 0.288 e. The summed E-state index contributed by atoms with van der Waals surface area (Å²) in [4.78, 5) is 17.7. The predicted octanol–water partition coefficient (Wildman–Crippen LogP) is 4.03. The van der Waals surface area contributed by atoms with Gasteiger partial charge in [-0.1, -0.05) is 54.5 Å². The average molecular weight is 360 g/mol. The van der Waals surface area contributed by atoms with Crippen molar-refractivity contribution in [2.75, 3.05) is 6.26 Å². The van der Waals surface area contributed by atoms with Gasteiger partial charge in [0.05, 0.1) is 21.0 Å². The fraction of sp³-hybridized carbons (Fsp3) is 0.0476. The van der Waals surface area contributed by atoms with Crippen LogP contribution in [0.5, 0.6) is 0 Å². The number of aromatic nitrogens is 1. The highest BCUT2D eigenvalue weighted by molar-refractivity contribution is 7.93. The Kier molecular flexibility index (Phi) is 4.97. The highest BCUT2D eigenvalue weighted by Gasteiger charge is 2.20. The zero-order valence-electron chi connectivity index (χ0n) is 14.1. The highest BCUT2D eigenvalue weighted by atomic mass is 32.2. The van der Waals surface area contributed by atoms with E-state index in [0.717, 1.165) is 5.56 Å². The van der Waals surface area contributed by atoms with Crippen LogP contribution in [0.4, 0.5) is 0 Å². The molecule has 1 aromatic heterocycles. The van der Waals surface area contributed by atoms with Gasteiger partial charge in [-0.05, 0) is 18.2 Å². The summed E-state index contributed by atoms with van der Waals surface area (Å²) in [5, 5.41) is 0. The molecule has 128 valence electrons. The molecule has 1 atom stereocenters. The van der Waals surface area contributed by atoms with E-state index in [2.05, 4.69) is 15.3 Å². The minimum atomic E-state index is -2.90. The molecule has 4 nitrogen and oxygen atoms in total. The molecule has 0 aliphatic rings. The van der Waals surface area contributed by atoms with Gasteiger partial charge in [-0.3, -0.25) is 9.78 Å². The Morgan fingerprint density at radius 1 is 1.04 bits per heavy atom. The van der Waals surface area contributed by atoms with Crippen LogP contribution in [0, 0.1) is 12.3 Å². The molecule has 0 aliphatic heterocycles. The van der Waals surface area contributed by atoms with Crippen LogP contribution >= 0.6 is 0 Å². The third kappa shape index (κ3) is 3.56. The predicted molar refractivity (Wildman–Crippen MR) is 103 cm³/mol. The van der Waals surface area contributed by atoms with Gasteiger partial charge in [-0.25, -0.2) is 4.21 Å². The van der Waals surface area contributed by atoms with Crippen LogP contribution in [0.25, 0.3) is 11.3 Å². The molecule has 1 amide bonds. The number of pyridine rings is 1. The topological polar surface area (TPSA) is 59.4 Å². The minimum Gasteiger partial charge on any atom is -0.266 e. The summed E-state index contributed by atoms with van der Waals surface area (Å²) in [6.07, 6.45) is 8.56. The monoisotopic (exact) mass is 360 g/mol. The van der Waals surface area contributed by atoms with Gasteiger partial charge in [0.1, 0.15) is 0 Å². The van der Waals surface area contributed by atoms with E-state index in [0.29, 0.717) is 16.2 Å². The van der Waals surface area contributed by atoms with Crippen LogP contribution < -0.4 is 0 Å². The third-order valence-corrected chi connectivity index (χ3v) is 5.47. The van der Waals surface area contributed by atoms with E-state index >= 15 is 0 Å². The number of amides is 1. The van der Waals surface area contributed by atoms with E-state index in [-0.39, 0.29) is 5.56 Å². The van der Waals surface area contributed by atoms with E-state index in [9.17, 15) is 9.00 Å². The molecule has 0 saturated carbocycles. The quantitative estimate of drug-likeness (QED) is 0.663. The van der Waals surface area contributed by atoms with Crippen LogP contribution in [0.3, 0.4) is 0 Å². The van der Waals surface area contributed by atoms with Crippen molar-refractivity contribution in [2.24, 2.45) is 4.36 Å². The lowest BCUT2D eigenvalue weighted by molar-refractivity contribution is 0.100. The number of hydrogen-bond acceptors (Lipinski definition) is 3. The van der Waals surface area contributed by atoms with Gasteiger partial charge in [0.25, 0.3) is 5.91 Å². The van der Waals surface area contributed by atoms with Crippen molar-refractivity contribution in [1.82, 2.24) is 4.98 Å². The van der Waals surface area contributed by atoms with E-state index in [4.69, 9.17) is 6.42 Å². The number of nitrogens with zero attached hydrogens (tertiary/aromatic N) is 2.